The predicted octanol–water partition coefficient (Wildman–Crippen LogP) is 2.87. The van der Waals surface area contributed by atoms with Gasteiger partial charge in [-0.1, -0.05) is 34.6 Å². The van der Waals surface area contributed by atoms with Crippen molar-refractivity contribution in [3.8, 4) is 0 Å². The van der Waals surface area contributed by atoms with Gasteiger partial charge >= 0.3 is 0 Å². The summed E-state index contributed by atoms with van der Waals surface area (Å²) in [6.45, 7) is 13.6. The van der Waals surface area contributed by atoms with Crippen LogP contribution in [0.15, 0.2) is 0 Å². The molecule has 1 fully saturated rings. The largest absolute Gasteiger partial charge is 0.329 e. The van der Waals surface area contributed by atoms with Crippen LogP contribution < -0.4 is 5.73 Å². The van der Waals surface area contributed by atoms with Crippen molar-refractivity contribution in [3.63, 3.8) is 0 Å². The van der Waals surface area contributed by atoms with Gasteiger partial charge in [0.05, 0.1) is 0 Å². The van der Waals surface area contributed by atoms with Crippen molar-refractivity contribution in [3.05, 3.63) is 0 Å². The fourth-order valence-corrected chi connectivity index (χ4v) is 2.47. The Balaban J connectivity index is 2.58. The van der Waals surface area contributed by atoms with Crippen LogP contribution in [0.5, 0.6) is 0 Å². The van der Waals surface area contributed by atoms with Gasteiger partial charge in [-0.15, -0.1) is 0 Å². The van der Waals surface area contributed by atoms with E-state index in [2.05, 4.69) is 39.5 Å². The summed E-state index contributed by atoms with van der Waals surface area (Å²) >= 11 is 0. The first-order valence-electron chi connectivity index (χ1n) is 6.79. The molecule has 16 heavy (non-hydrogen) atoms. The van der Waals surface area contributed by atoms with Crippen LogP contribution in [0.25, 0.3) is 0 Å². The molecule has 1 atom stereocenters. The maximum atomic E-state index is 5.98. The second-order valence-electron chi connectivity index (χ2n) is 6.98. The van der Waals surface area contributed by atoms with Crippen molar-refractivity contribution >= 4 is 0 Å². The zero-order valence-corrected chi connectivity index (χ0v) is 11.8. The average molecular weight is 226 g/mol. The molecule has 2 heteroatoms. The van der Waals surface area contributed by atoms with E-state index in [-0.39, 0.29) is 0 Å². The summed E-state index contributed by atoms with van der Waals surface area (Å²) in [7, 11) is 0. The summed E-state index contributed by atoms with van der Waals surface area (Å²) in [5.41, 5.74) is 6.36. The second kappa shape index (κ2) is 5.50. The zero-order valence-electron chi connectivity index (χ0n) is 11.8. The molecule has 1 aliphatic rings. The van der Waals surface area contributed by atoms with Crippen molar-refractivity contribution in [1.29, 1.82) is 0 Å². The number of hydrogen-bond donors (Lipinski definition) is 1. The van der Waals surface area contributed by atoms with Crippen molar-refractivity contribution in [1.82, 2.24) is 4.90 Å². The minimum Gasteiger partial charge on any atom is -0.329 e. The Morgan fingerprint density at radius 1 is 1.25 bits per heavy atom. The maximum Gasteiger partial charge on any atom is 0.0226 e. The highest BCUT2D eigenvalue weighted by molar-refractivity contribution is 4.91. The van der Waals surface area contributed by atoms with E-state index in [4.69, 9.17) is 5.73 Å². The van der Waals surface area contributed by atoms with Gasteiger partial charge < -0.3 is 5.73 Å². The van der Waals surface area contributed by atoms with Gasteiger partial charge in [0.25, 0.3) is 0 Å². The summed E-state index contributed by atoms with van der Waals surface area (Å²) in [5.74, 6) is 0.745. The molecule has 2 nitrogen and oxygen atoms in total. The smallest absolute Gasteiger partial charge is 0.0226 e. The number of nitrogens with zero attached hydrogens (tertiary/aromatic N) is 1. The highest BCUT2D eigenvalue weighted by Gasteiger charge is 2.34. The third-order valence-corrected chi connectivity index (χ3v) is 3.18. The van der Waals surface area contributed by atoms with Crippen LogP contribution in [0.2, 0.25) is 0 Å². The van der Waals surface area contributed by atoms with Gasteiger partial charge in [0.2, 0.25) is 0 Å². The van der Waals surface area contributed by atoms with Gasteiger partial charge in [0, 0.05) is 25.2 Å². The Bertz CT molecular complexity index is 201. The summed E-state index contributed by atoms with van der Waals surface area (Å²) in [5, 5.41) is 0. The lowest BCUT2D eigenvalue weighted by molar-refractivity contribution is 0.129. The van der Waals surface area contributed by atoms with E-state index in [9.17, 15) is 0 Å². The zero-order chi connectivity index (χ0) is 12.3. The van der Waals surface area contributed by atoms with E-state index in [0.717, 1.165) is 18.5 Å². The Morgan fingerprint density at radius 2 is 1.81 bits per heavy atom. The second-order valence-corrected chi connectivity index (χ2v) is 6.98. The lowest BCUT2D eigenvalue weighted by Crippen LogP contribution is -2.45. The van der Waals surface area contributed by atoms with Crippen LogP contribution >= 0.6 is 0 Å². The first-order chi connectivity index (χ1) is 7.33. The molecule has 0 amide bonds. The average Bonchev–Trinajstić information content (AvgIpc) is 2.92. The molecule has 1 unspecified atom stereocenters. The molecular weight excluding hydrogens is 196 g/mol. The van der Waals surface area contributed by atoms with Crippen LogP contribution in [0.4, 0.5) is 0 Å². The molecule has 0 saturated heterocycles. The molecule has 2 N–H and O–H groups in total. The first kappa shape index (κ1) is 14.0. The molecule has 0 radical (unpaired) electrons. The van der Waals surface area contributed by atoms with E-state index in [1.165, 1.54) is 25.8 Å². The maximum absolute atomic E-state index is 5.98. The fourth-order valence-electron chi connectivity index (χ4n) is 2.47. The highest BCUT2D eigenvalue weighted by Crippen LogP contribution is 2.33. The van der Waals surface area contributed by atoms with Gasteiger partial charge in [-0.3, -0.25) is 4.90 Å². The molecule has 0 bridgehead atoms. The minimum absolute atomic E-state index is 0.383. The third-order valence-electron chi connectivity index (χ3n) is 3.18. The molecular formula is C14H30N2. The number of rotatable bonds is 6. The van der Waals surface area contributed by atoms with Crippen molar-refractivity contribution in [2.24, 2.45) is 17.1 Å². The Morgan fingerprint density at radius 3 is 2.12 bits per heavy atom. The predicted molar refractivity (Wildman–Crippen MR) is 71.5 cm³/mol. The van der Waals surface area contributed by atoms with Crippen LogP contribution in [0, 0.1) is 11.3 Å². The Hall–Kier alpha value is -0.0800. The summed E-state index contributed by atoms with van der Waals surface area (Å²) in [6, 6.07) is 1.41. The molecule has 0 aliphatic heterocycles. The standard InChI is InChI=1S/C14H30N2/c1-11(2)10-16(12-6-7-12)13(9-15)8-14(3,4)5/h11-13H,6-10,15H2,1-5H3. The van der Waals surface area contributed by atoms with Crippen LogP contribution in [-0.2, 0) is 0 Å². The SMILES string of the molecule is CC(C)CN(C1CC1)C(CN)CC(C)(C)C. The van der Waals surface area contributed by atoms with Crippen molar-refractivity contribution in [2.45, 2.75) is 66.0 Å². The van der Waals surface area contributed by atoms with Crippen LogP contribution in [-0.4, -0.2) is 30.1 Å². The van der Waals surface area contributed by atoms with Crippen LogP contribution in [0.1, 0.15) is 53.9 Å². The number of hydrogen-bond acceptors (Lipinski definition) is 2. The van der Waals surface area contributed by atoms with Gasteiger partial charge in [0.15, 0.2) is 0 Å². The molecule has 1 saturated carbocycles. The van der Waals surface area contributed by atoms with E-state index < -0.39 is 0 Å². The molecule has 0 aromatic rings. The van der Waals surface area contributed by atoms with Gasteiger partial charge in [-0.05, 0) is 30.6 Å². The molecule has 96 valence electrons. The van der Waals surface area contributed by atoms with Crippen molar-refractivity contribution < 1.29 is 0 Å². The fraction of sp³-hybridized carbons (Fsp3) is 1.00. The van der Waals surface area contributed by atoms with E-state index in [1.807, 2.05) is 0 Å². The van der Waals surface area contributed by atoms with E-state index in [0.29, 0.717) is 11.5 Å². The van der Waals surface area contributed by atoms with Gasteiger partial charge in [-0.2, -0.15) is 0 Å². The van der Waals surface area contributed by atoms with E-state index >= 15 is 0 Å². The summed E-state index contributed by atoms with van der Waals surface area (Å²) < 4.78 is 0. The molecule has 0 spiro atoms. The monoisotopic (exact) mass is 226 g/mol. The van der Waals surface area contributed by atoms with Gasteiger partial charge in [-0.25, -0.2) is 0 Å². The molecule has 0 aromatic carbocycles. The summed E-state index contributed by atoms with van der Waals surface area (Å²) in [4.78, 5) is 2.68. The minimum atomic E-state index is 0.383. The lowest BCUT2D eigenvalue weighted by Gasteiger charge is -2.36. The molecule has 0 heterocycles. The highest BCUT2D eigenvalue weighted by atomic mass is 15.2. The Kier molecular flexibility index (Phi) is 4.81. The van der Waals surface area contributed by atoms with Crippen LogP contribution in [0.3, 0.4) is 0 Å². The number of nitrogens with two attached hydrogens (primary N) is 1. The lowest BCUT2D eigenvalue weighted by atomic mass is 9.87. The van der Waals surface area contributed by atoms with Crippen molar-refractivity contribution in [2.75, 3.05) is 13.1 Å². The quantitative estimate of drug-likeness (QED) is 0.754. The van der Waals surface area contributed by atoms with Gasteiger partial charge in [0.1, 0.15) is 0 Å². The molecule has 1 aliphatic carbocycles. The van der Waals surface area contributed by atoms with E-state index in [1.54, 1.807) is 0 Å². The molecule has 1 rings (SSSR count). The molecule has 0 aromatic heterocycles. The normalized spacial score (nSPS) is 19.5. The Labute approximate surface area is 102 Å². The summed E-state index contributed by atoms with van der Waals surface area (Å²) in [6.07, 6.45) is 3.98. The topological polar surface area (TPSA) is 29.3 Å². The third kappa shape index (κ3) is 4.84. The first-order valence-corrected chi connectivity index (χ1v) is 6.79.